The number of thiol groups is 1. The van der Waals surface area contributed by atoms with Crippen molar-refractivity contribution in [2.45, 2.75) is 25.6 Å². The van der Waals surface area contributed by atoms with Crippen molar-refractivity contribution in [2.24, 2.45) is 0 Å². The minimum Gasteiger partial charge on any atom is -0.508 e. The highest BCUT2D eigenvalue weighted by molar-refractivity contribution is 9.10. The number of halogens is 1. The third-order valence-corrected chi connectivity index (χ3v) is 5.05. The number of esters is 1. The maximum Gasteiger partial charge on any atom is 0.414 e. The van der Waals surface area contributed by atoms with Crippen LogP contribution < -0.4 is 5.32 Å². The minimum absolute atomic E-state index is 0.0107. The number of carbonyl (C=O) groups is 3. The molecule has 0 saturated carbocycles. The van der Waals surface area contributed by atoms with E-state index in [9.17, 15) is 19.5 Å². The Bertz CT molecular complexity index is 926. The van der Waals surface area contributed by atoms with Crippen LogP contribution in [0.1, 0.15) is 35.4 Å². The maximum absolute atomic E-state index is 12.5. The molecule has 0 bridgehead atoms. The Hall–Kier alpha value is -2.56. The summed E-state index contributed by atoms with van der Waals surface area (Å²) < 4.78 is 17.0. The second-order valence-electron chi connectivity index (χ2n) is 6.51. The van der Waals surface area contributed by atoms with E-state index in [1.807, 2.05) is 0 Å². The molecule has 0 aliphatic carbocycles. The Morgan fingerprint density at radius 1 is 1.16 bits per heavy atom. The first kappa shape index (κ1) is 25.7. The molecule has 2 amide bonds. The van der Waals surface area contributed by atoms with Gasteiger partial charge in [0.1, 0.15) is 11.9 Å². The van der Waals surface area contributed by atoms with Gasteiger partial charge < -0.3 is 19.3 Å². The fourth-order valence-corrected chi connectivity index (χ4v) is 3.33. The smallest absolute Gasteiger partial charge is 0.414 e. The number of carbonyl (C=O) groups excluding carboxylic acids is 3. The molecule has 0 fully saturated rings. The summed E-state index contributed by atoms with van der Waals surface area (Å²) in [5.74, 6) is -1.34. The zero-order chi connectivity index (χ0) is 23.5. The average Bonchev–Trinajstić information content (AvgIpc) is 2.79. The van der Waals surface area contributed by atoms with E-state index in [4.69, 9.17) is 14.2 Å². The number of phenols is 1. The van der Waals surface area contributed by atoms with Gasteiger partial charge in [0.25, 0.3) is 5.91 Å². The van der Waals surface area contributed by atoms with Crippen molar-refractivity contribution in [3.63, 3.8) is 0 Å². The molecule has 0 aromatic heterocycles. The summed E-state index contributed by atoms with van der Waals surface area (Å²) >= 11 is 7.19. The number of rotatable bonds is 10. The van der Waals surface area contributed by atoms with Crippen LogP contribution in [-0.4, -0.2) is 48.1 Å². The number of aromatic hydroxyl groups is 1. The fraction of sp³-hybridized carbons (Fsp3) is 0.318. The molecule has 0 heterocycles. The van der Waals surface area contributed by atoms with Gasteiger partial charge >= 0.3 is 12.1 Å². The number of benzene rings is 2. The van der Waals surface area contributed by atoms with Crippen LogP contribution in [0.25, 0.3) is 0 Å². The largest absolute Gasteiger partial charge is 0.508 e. The fourth-order valence-electron chi connectivity index (χ4n) is 2.86. The Balaban J connectivity index is 2.24. The Morgan fingerprint density at radius 2 is 1.88 bits per heavy atom. The predicted octanol–water partition coefficient (Wildman–Crippen LogP) is 4.03. The van der Waals surface area contributed by atoms with Crippen LogP contribution in [0.15, 0.2) is 53.0 Å². The molecule has 0 aliphatic rings. The average molecular weight is 526 g/mol. The second-order valence-corrected chi connectivity index (χ2v) is 7.74. The summed E-state index contributed by atoms with van der Waals surface area (Å²) in [6.07, 6.45) is -2.71. The SMILES string of the molecule is CCO[C@@H](CCOC(=O)CS)[C@@H](OC(=O)NC(=O)c1ccccc1)c1cc(Br)ccc1O. The number of hydrogen-bond acceptors (Lipinski definition) is 8. The first-order chi connectivity index (χ1) is 15.3. The van der Waals surface area contributed by atoms with Crippen molar-refractivity contribution in [1.82, 2.24) is 5.32 Å². The molecule has 0 spiro atoms. The number of ether oxygens (including phenoxy) is 3. The van der Waals surface area contributed by atoms with Crippen LogP contribution in [0, 0.1) is 0 Å². The first-order valence-corrected chi connectivity index (χ1v) is 11.2. The van der Waals surface area contributed by atoms with Crippen molar-refractivity contribution in [3.05, 3.63) is 64.1 Å². The van der Waals surface area contributed by atoms with Crippen LogP contribution in [0.4, 0.5) is 4.79 Å². The summed E-state index contributed by atoms with van der Waals surface area (Å²) in [5.41, 5.74) is 0.548. The van der Waals surface area contributed by atoms with Crippen molar-refractivity contribution in [3.8, 4) is 5.75 Å². The van der Waals surface area contributed by atoms with Gasteiger partial charge in [-0.05, 0) is 37.3 Å². The monoisotopic (exact) mass is 525 g/mol. The van der Waals surface area contributed by atoms with E-state index in [0.717, 1.165) is 0 Å². The summed E-state index contributed by atoms with van der Waals surface area (Å²) in [4.78, 5) is 36.3. The lowest BCUT2D eigenvalue weighted by atomic mass is 10.0. The lowest BCUT2D eigenvalue weighted by Gasteiger charge is -2.28. The highest BCUT2D eigenvalue weighted by Crippen LogP contribution is 2.34. The van der Waals surface area contributed by atoms with Crippen molar-refractivity contribution < 1.29 is 33.7 Å². The van der Waals surface area contributed by atoms with Crippen LogP contribution in [-0.2, 0) is 19.0 Å². The molecule has 2 rings (SSSR count). The van der Waals surface area contributed by atoms with Gasteiger partial charge in [-0.1, -0.05) is 34.1 Å². The van der Waals surface area contributed by atoms with Crippen LogP contribution in [0.3, 0.4) is 0 Å². The summed E-state index contributed by atoms with van der Waals surface area (Å²) in [6, 6.07) is 12.8. The first-order valence-electron chi connectivity index (χ1n) is 9.79. The normalized spacial score (nSPS) is 12.5. The number of amides is 2. The van der Waals surface area contributed by atoms with Crippen molar-refractivity contribution >= 4 is 46.5 Å². The van der Waals surface area contributed by atoms with E-state index in [1.54, 1.807) is 49.4 Å². The molecule has 2 atom stereocenters. The molecule has 32 heavy (non-hydrogen) atoms. The quantitative estimate of drug-likeness (QED) is 0.317. The Kier molecular flexibility index (Phi) is 10.5. The molecule has 2 N–H and O–H groups in total. The molecule has 0 radical (unpaired) electrons. The predicted molar refractivity (Wildman–Crippen MR) is 124 cm³/mol. The van der Waals surface area contributed by atoms with Crippen LogP contribution in [0.5, 0.6) is 5.75 Å². The molecule has 2 aromatic carbocycles. The summed E-state index contributed by atoms with van der Waals surface area (Å²) in [7, 11) is 0. The van der Waals surface area contributed by atoms with E-state index in [-0.39, 0.29) is 42.3 Å². The Morgan fingerprint density at radius 3 is 2.53 bits per heavy atom. The highest BCUT2D eigenvalue weighted by Gasteiger charge is 2.31. The molecule has 8 nitrogen and oxygen atoms in total. The molecule has 2 aromatic rings. The van der Waals surface area contributed by atoms with E-state index < -0.39 is 30.2 Å². The van der Waals surface area contributed by atoms with Gasteiger partial charge in [0.05, 0.1) is 12.4 Å². The number of hydrogen-bond donors (Lipinski definition) is 3. The van der Waals surface area contributed by atoms with E-state index >= 15 is 0 Å². The third-order valence-electron chi connectivity index (χ3n) is 4.29. The van der Waals surface area contributed by atoms with Crippen molar-refractivity contribution in [2.75, 3.05) is 19.0 Å². The lowest BCUT2D eigenvalue weighted by molar-refractivity contribution is -0.142. The van der Waals surface area contributed by atoms with Gasteiger partial charge in [-0.3, -0.25) is 14.9 Å². The number of phenolic OH excluding ortho intramolecular Hbond substituents is 1. The molecule has 0 aliphatic heterocycles. The summed E-state index contributed by atoms with van der Waals surface area (Å²) in [5, 5.41) is 12.6. The standard InChI is InChI=1S/C22H24BrNO7S/c1-2-29-18(10-11-30-19(26)13-32)20(16-12-15(23)8-9-17(16)25)31-22(28)24-21(27)14-6-4-3-5-7-14/h3-9,12,18,20,25,32H,2,10-11,13H2,1H3,(H,24,27,28)/t18-,20-/m0/s1. The number of alkyl carbamates (subject to hydrolysis) is 1. The summed E-state index contributed by atoms with van der Waals surface area (Å²) in [6.45, 7) is 2.01. The van der Waals surface area contributed by atoms with Gasteiger partial charge in [0.2, 0.25) is 0 Å². The van der Waals surface area contributed by atoms with Gasteiger partial charge in [-0.2, -0.15) is 12.6 Å². The second kappa shape index (κ2) is 13.1. The molecule has 0 unspecified atom stereocenters. The molecule has 10 heteroatoms. The van der Waals surface area contributed by atoms with Gasteiger partial charge in [0.15, 0.2) is 6.10 Å². The zero-order valence-corrected chi connectivity index (χ0v) is 19.8. The highest BCUT2D eigenvalue weighted by atomic mass is 79.9. The Labute approximate surface area is 199 Å². The third kappa shape index (κ3) is 7.85. The van der Waals surface area contributed by atoms with Crippen LogP contribution in [0.2, 0.25) is 0 Å². The van der Waals surface area contributed by atoms with Gasteiger partial charge in [0, 0.05) is 28.6 Å². The molecular weight excluding hydrogens is 502 g/mol. The minimum atomic E-state index is -1.09. The van der Waals surface area contributed by atoms with E-state index in [1.165, 1.54) is 6.07 Å². The van der Waals surface area contributed by atoms with Crippen LogP contribution >= 0.6 is 28.6 Å². The van der Waals surface area contributed by atoms with E-state index in [2.05, 4.69) is 33.9 Å². The molecular formula is C22H24BrNO7S. The lowest BCUT2D eigenvalue weighted by Crippen LogP contribution is -2.36. The zero-order valence-electron chi connectivity index (χ0n) is 17.3. The van der Waals surface area contributed by atoms with E-state index in [0.29, 0.717) is 4.47 Å². The maximum atomic E-state index is 12.5. The molecule has 0 saturated heterocycles. The topological polar surface area (TPSA) is 111 Å². The van der Waals surface area contributed by atoms with Gasteiger partial charge in [-0.25, -0.2) is 4.79 Å². The van der Waals surface area contributed by atoms with Gasteiger partial charge in [-0.15, -0.1) is 0 Å². The number of imide groups is 1. The number of nitrogens with one attached hydrogen (secondary N) is 1. The van der Waals surface area contributed by atoms with Crippen molar-refractivity contribution in [1.29, 1.82) is 0 Å². The molecule has 172 valence electrons.